The summed E-state index contributed by atoms with van der Waals surface area (Å²) >= 11 is 0. The Morgan fingerprint density at radius 2 is 1.90 bits per heavy atom. The first kappa shape index (κ1) is 17.2. The standard InChI is InChI=1S/C15H24N2O4/c1-9(2)8-16-14(18)11(4)17-10(3)12-6-7-13(21-12)15(19)20-5/h6-7,9-11,17H,8H2,1-5H3,(H,16,18). The molecule has 21 heavy (non-hydrogen) atoms. The number of furan rings is 1. The van der Waals surface area contributed by atoms with Crippen molar-refractivity contribution in [3.63, 3.8) is 0 Å². The van der Waals surface area contributed by atoms with Gasteiger partial charge in [-0.25, -0.2) is 4.79 Å². The van der Waals surface area contributed by atoms with E-state index >= 15 is 0 Å². The van der Waals surface area contributed by atoms with Gasteiger partial charge in [-0.1, -0.05) is 13.8 Å². The van der Waals surface area contributed by atoms with Crippen molar-refractivity contribution in [2.24, 2.45) is 5.92 Å². The van der Waals surface area contributed by atoms with Gasteiger partial charge in [0.1, 0.15) is 5.76 Å². The number of rotatable bonds is 7. The summed E-state index contributed by atoms with van der Waals surface area (Å²) in [4.78, 5) is 23.2. The van der Waals surface area contributed by atoms with Gasteiger partial charge in [-0.2, -0.15) is 0 Å². The van der Waals surface area contributed by atoms with E-state index in [9.17, 15) is 9.59 Å². The molecule has 0 bridgehead atoms. The number of nitrogens with one attached hydrogen (secondary N) is 2. The fourth-order valence-electron chi connectivity index (χ4n) is 1.79. The maximum Gasteiger partial charge on any atom is 0.373 e. The number of methoxy groups -OCH3 is 1. The Labute approximate surface area is 125 Å². The van der Waals surface area contributed by atoms with Crippen LogP contribution in [0.2, 0.25) is 0 Å². The first-order valence-corrected chi connectivity index (χ1v) is 7.07. The van der Waals surface area contributed by atoms with Gasteiger partial charge in [0.25, 0.3) is 0 Å². The highest BCUT2D eigenvalue weighted by Crippen LogP contribution is 2.17. The van der Waals surface area contributed by atoms with Crippen molar-refractivity contribution in [3.8, 4) is 0 Å². The third-order valence-electron chi connectivity index (χ3n) is 3.02. The average Bonchev–Trinajstić information content (AvgIpc) is 2.93. The monoisotopic (exact) mass is 296 g/mol. The second-order valence-corrected chi connectivity index (χ2v) is 5.44. The summed E-state index contributed by atoms with van der Waals surface area (Å²) in [5.74, 6) is 0.565. The molecule has 1 aromatic rings. The lowest BCUT2D eigenvalue weighted by atomic mass is 10.2. The largest absolute Gasteiger partial charge is 0.463 e. The summed E-state index contributed by atoms with van der Waals surface area (Å²) in [7, 11) is 1.30. The Kier molecular flexibility index (Phi) is 6.42. The zero-order valence-electron chi connectivity index (χ0n) is 13.2. The summed E-state index contributed by atoms with van der Waals surface area (Å²) in [6.07, 6.45) is 0. The van der Waals surface area contributed by atoms with Crippen LogP contribution in [0, 0.1) is 5.92 Å². The molecule has 6 nitrogen and oxygen atoms in total. The zero-order valence-corrected chi connectivity index (χ0v) is 13.2. The van der Waals surface area contributed by atoms with Crippen LogP contribution < -0.4 is 10.6 Å². The molecule has 6 heteroatoms. The highest BCUT2D eigenvalue weighted by atomic mass is 16.5. The predicted octanol–water partition coefficient (Wildman–Crippen LogP) is 1.88. The molecule has 1 aromatic heterocycles. The molecule has 118 valence electrons. The van der Waals surface area contributed by atoms with Crippen LogP contribution in [0.1, 0.15) is 50.1 Å². The van der Waals surface area contributed by atoms with Crippen molar-refractivity contribution in [1.82, 2.24) is 10.6 Å². The molecular weight excluding hydrogens is 272 g/mol. The number of ether oxygens (including phenoxy) is 1. The van der Waals surface area contributed by atoms with Gasteiger partial charge in [-0.3, -0.25) is 10.1 Å². The molecule has 2 atom stereocenters. The van der Waals surface area contributed by atoms with Gasteiger partial charge in [0, 0.05) is 6.54 Å². The first-order valence-electron chi connectivity index (χ1n) is 7.07. The van der Waals surface area contributed by atoms with Gasteiger partial charge in [-0.05, 0) is 31.9 Å². The van der Waals surface area contributed by atoms with Gasteiger partial charge < -0.3 is 14.5 Å². The third kappa shape index (κ3) is 5.23. The molecule has 2 unspecified atom stereocenters. The van der Waals surface area contributed by atoms with E-state index in [-0.39, 0.29) is 23.8 Å². The van der Waals surface area contributed by atoms with Crippen molar-refractivity contribution in [2.45, 2.75) is 39.8 Å². The third-order valence-corrected chi connectivity index (χ3v) is 3.02. The molecule has 0 aliphatic heterocycles. The summed E-state index contributed by atoms with van der Waals surface area (Å²) < 4.78 is 9.99. The average molecular weight is 296 g/mol. The molecule has 1 rings (SSSR count). The van der Waals surface area contributed by atoms with E-state index in [0.29, 0.717) is 18.2 Å². The fourth-order valence-corrected chi connectivity index (χ4v) is 1.79. The molecule has 0 aliphatic carbocycles. The molecule has 1 amide bonds. The molecule has 0 aliphatic rings. The lowest BCUT2D eigenvalue weighted by molar-refractivity contribution is -0.123. The summed E-state index contributed by atoms with van der Waals surface area (Å²) in [5.41, 5.74) is 0. The first-order chi connectivity index (χ1) is 9.85. The summed E-state index contributed by atoms with van der Waals surface area (Å²) in [6, 6.07) is 2.71. The van der Waals surface area contributed by atoms with Crippen molar-refractivity contribution < 1.29 is 18.7 Å². The zero-order chi connectivity index (χ0) is 16.0. The maximum absolute atomic E-state index is 11.9. The highest BCUT2D eigenvalue weighted by Gasteiger charge is 2.19. The van der Waals surface area contributed by atoms with Crippen LogP contribution in [0.3, 0.4) is 0 Å². The lowest BCUT2D eigenvalue weighted by Crippen LogP contribution is -2.44. The van der Waals surface area contributed by atoms with Crippen LogP contribution in [-0.4, -0.2) is 31.6 Å². The topological polar surface area (TPSA) is 80.6 Å². The van der Waals surface area contributed by atoms with Crippen molar-refractivity contribution in [3.05, 3.63) is 23.7 Å². The molecule has 0 spiro atoms. The Morgan fingerprint density at radius 1 is 1.24 bits per heavy atom. The molecular formula is C15H24N2O4. The van der Waals surface area contributed by atoms with Crippen LogP contribution >= 0.6 is 0 Å². The van der Waals surface area contributed by atoms with Gasteiger partial charge in [0.2, 0.25) is 11.7 Å². The van der Waals surface area contributed by atoms with Crippen LogP contribution in [0.15, 0.2) is 16.5 Å². The van der Waals surface area contributed by atoms with E-state index in [0.717, 1.165) is 0 Å². The fraction of sp³-hybridized carbons (Fsp3) is 0.600. The van der Waals surface area contributed by atoms with Crippen molar-refractivity contribution >= 4 is 11.9 Å². The molecule has 0 saturated carbocycles. The van der Waals surface area contributed by atoms with E-state index < -0.39 is 5.97 Å². The Hall–Kier alpha value is -1.82. The minimum absolute atomic E-state index is 0.0599. The Morgan fingerprint density at radius 3 is 2.48 bits per heavy atom. The summed E-state index contributed by atoms with van der Waals surface area (Å²) in [5, 5.41) is 6.00. The normalized spacial score (nSPS) is 13.8. The number of amides is 1. The van der Waals surface area contributed by atoms with Crippen molar-refractivity contribution in [2.75, 3.05) is 13.7 Å². The van der Waals surface area contributed by atoms with E-state index in [1.807, 2.05) is 20.8 Å². The number of hydrogen-bond acceptors (Lipinski definition) is 5. The molecule has 0 aromatic carbocycles. The summed E-state index contributed by atoms with van der Waals surface area (Å²) in [6.45, 7) is 8.38. The van der Waals surface area contributed by atoms with E-state index in [4.69, 9.17) is 4.42 Å². The number of esters is 1. The Bertz CT molecular complexity index is 482. The van der Waals surface area contributed by atoms with Gasteiger partial charge in [0.05, 0.1) is 19.2 Å². The number of carbonyl (C=O) groups is 2. The van der Waals surface area contributed by atoms with E-state index in [1.165, 1.54) is 7.11 Å². The van der Waals surface area contributed by atoms with Crippen molar-refractivity contribution in [1.29, 1.82) is 0 Å². The van der Waals surface area contributed by atoms with Crippen LogP contribution in [0.4, 0.5) is 0 Å². The minimum atomic E-state index is -0.517. The number of hydrogen-bond donors (Lipinski definition) is 2. The maximum atomic E-state index is 11.9. The van der Waals surface area contributed by atoms with Crippen LogP contribution in [0.25, 0.3) is 0 Å². The SMILES string of the molecule is COC(=O)c1ccc(C(C)NC(C)C(=O)NCC(C)C)o1. The minimum Gasteiger partial charge on any atom is -0.463 e. The molecule has 2 N–H and O–H groups in total. The second-order valence-electron chi connectivity index (χ2n) is 5.44. The van der Waals surface area contributed by atoms with E-state index in [1.54, 1.807) is 19.1 Å². The van der Waals surface area contributed by atoms with Gasteiger partial charge in [-0.15, -0.1) is 0 Å². The number of carbonyl (C=O) groups excluding carboxylic acids is 2. The lowest BCUT2D eigenvalue weighted by Gasteiger charge is -2.18. The van der Waals surface area contributed by atoms with Gasteiger partial charge >= 0.3 is 5.97 Å². The molecule has 1 heterocycles. The van der Waals surface area contributed by atoms with Crippen LogP contribution in [0.5, 0.6) is 0 Å². The van der Waals surface area contributed by atoms with E-state index in [2.05, 4.69) is 15.4 Å². The predicted molar refractivity (Wildman–Crippen MR) is 78.9 cm³/mol. The highest BCUT2D eigenvalue weighted by molar-refractivity contribution is 5.86. The molecule has 0 radical (unpaired) electrons. The quantitative estimate of drug-likeness (QED) is 0.751. The van der Waals surface area contributed by atoms with Crippen LogP contribution in [-0.2, 0) is 9.53 Å². The van der Waals surface area contributed by atoms with Gasteiger partial charge in [0.15, 0.2) is 0 Å². The smallest absolute Gasteiger partial charge is 0.373 e. The second kappa shape index (κ2) is 7.83. The molecule has 0 fully saturated rings. The molecule has 0 saturated heterocycles. The Balaban J connectivity index is 2.55.